The topological polar surface area (TPSA) is 151 Å². The molecule has 0 saturated carbocycles. The average Bonchev–Trinajstić information content (AvgIpc) is 2.88. The van der Waals surface area contributed by atoms with E-state index in [1.807, 2.05) is 30.3 Å². The SMILES string of the molecule is CO[C@H](Oc1ccc(/C(O)=C/c2ccc3ccccc3n2)c(O)c1)[C@H](OC(C)=O)[C@@H](OC(C)=O)[C@@H](C)OC(C)=O. The minimum Gasteiger partial charge on any atom is -0.507 e. The van der Waals surface area contributed by atoms with E-state index in [-0.39, 0.29) is 22.8 Å². The van der Waals surface area contributed by atoms with E-state index in [2.05, 4.69) is 4.98 Å². The van der Waals surface area contributed by atoms with E-state index in [4.69, 9.17) is 23.7 Å². The molecule has 1 heterocycles. The summed E-state index contributed by atoms with van der Waals surface area (Å²) >= 11 is 0. The zero-order valence-corrected chi connectivity index (χ0v) is 22.7. The van der Waals surface area contributed by atoms with E-state index in [9.17, 15) is 24.6 Å². The Bertz CT molecular complexity index is 1400. The third-order valence-corrected chi connectivity index (χ3v) is 5.64. The number of carbonyl (C=O) groups is 3. The Balaban J connectivity index is 1.87. The van der Waals surface area contributed by atoms with Gasteiger partial charge in [0.25, 0.3) is 0 Å². The summed E-state index contributed by atoms with van der Waals surface area (Å²) < 4.78 is 27.0. The van der Waals surface area contributed by atoms with E-state index in [0.717, 1.165) is 24.8 Å². The molecule has 0 amide bonds. The van der Waals surface area contributed by atoms with Crippen LogP contribution in [0.1, 0.15) is 39.0 Å². The number of carbonyl (C=O) groups excluding carboxylic acids is 3. The van der Waals surface area contributed by atoms with Crippen molar-refractivity contribution in [3.63, 3.8) is 0 Å². The van der Waals surface area contributed by atoms with Gasteiger partial charge in [-0.2, -0.15) is 0 Å². The summed E-state index contributed by atoms with van der Waals surface area (Å²) in [5.41, 5.74) is 1.34. The van der Waals surface area contributed by atoms with E-state index in [1.165, 1.54) is 45.2 Å². The largest absolute Gasteiger partial charge is 0.507 e. The van der Waals surface area contributed by atoms with Crippen molar-refractivity contribution in [3.8, 4) is 11.5 Å². The predicted octanol–water partition coefficient (Wildman–Crippen LogP) is 4.16. The second kappa shape index (κ2) is 13.4. The fourth-order valence-corrected chi connectivity index (χ4v) is 3.98. The summed E-state index contributed by atoms with van der Waals surface area (Å²) in [7, 11) is 1.27. The molecule has 0 bridgehead atoms. The Morgan fingerprint density at radius 1 is 0.875 bits per heavy atom. The molecule has 11 nitrogen and oxygen atoms in total. The van der Waals surface area contributed by atoms with Gasteiger partial charge in [0.05, 0.1) is 16.8 Å². The Morgan fingerprint density at radius 3 is 2.15 bits per heavy atom. The van der Waals surface area contributed by atoms with Gasteiger partial charge in [0.2, 0.25) is 12.4 Å². The molecule has 4 atom stereocenters. The number of esters is 3. The van der Waals surface area contributed by atoms with Crippen LogP contribution in [-0.4, -0.2) is 64.8 Å². The van der Waals surface area contributed by atoms with E-state index in [1.54, 1.807) is 6.07 Å². The first-order chi connectivity index (χ1) is 19.0. The quantitative estimate of drug-likeness (QED) is 0.152. The van der Waals surface area contributed by atoms with E-state index < -0.39 is 42.5 Å². The summed E-state index contributed by atoms with van der Waals surface area (Å²) in [6, 6.07) is 15.2. The van der Waals surface area contributed by atoms with Crippen molar-refractivity contribution in [3.05, 3.63) is 65.9 Å². The number of rotatable bonds is 11. The highest BCUT2D eigenvalue weighted by molar-refractivity contribution is 5.83. The third-order valence-electron chi connectivity index (χ3n) is 5.64. The van der Waals surface area contributed by atoms with Gasteiger partial charge in [0, 0.05) is 45.4 Å². The number of ether oxygens (including phenoxy) is 5. The Kier molecular flexibility index (Phi) is 10.0. The first kappa shape index (κ1) is 29.9. The highest BCUT2D eigenvalue weighted by Crippen LogP contribution is 2.31. The minimum atomic E-state index is -1.37. The van der Waals surface area contributed by atoms with Crippen molar-refractivity contribution in [1.29, 1.82) is 0 Å². The number of pyridine rings is 1. The number of nitrogens with zero attached hydrogens (tertiary/aromatic N) is 1. The number of aliphatic hydroxyl groups excluding tert-OH is 1. The Morgan fingerprint density at radius 2 is 1.52 bits per heavy atom. The van der Waals surface area contributed by atoms with E-state index in [0.29, 0.717) is 5.69 Å². The predicted molar refractivity (Wildman–Crippen MR) is 144 cm³/mol. The number of aromatic hydroxyl groups is 1. The van der Waals surface area contributed by atoms with Crippen LogP contribution in [-0.2, 0) is 33.3 Å². The molecule has 0 aliphatic heterocycles. The first-order valence-electron chi connectivity index (χ1n) is 12.3. The molecular weight excluding hydrogens is 522 g/mol. The molecule has 2 aromatic carbocycles. The van der Waals surface area contributed by atoms with Gasteiger partial charge in [-0.05, 0) is 31.2 Å². The second-order valence-electron chi connectivity index (χ2n) is 8.82. The number of para-hydroxylation sites is 1. The lowest BCUT2D eigenvalue weighted by Gasteiger charge is -2.34. The molecule has 0 spiro atoms. The van der Waals surface area contributed by atoms with Crippen LogP contribution in [0.15, 0.2) is 54.6 Å². The van der Waals surface area contributed by atoms with Gasteiger partial charge < -0.3 is 33.9 Å². The van der Waals surface area contributed by atoms with Crippen LogP contribution in [0.4, 0.5) is 0 Å². The fraction of sp³-hybridized carbons (Fsp3) is 0.310. The van der Waals surface area contributed by atoms with Crippen molar-refractivity contribution in [1.82, 2.24) is 4.98 Å². The number of benzene rings is 2. The average molecular weight is 554 g/mol. The molecule has 0 saturated heterocycles. The van der Waals surface area contributed by atoms with Crippen LogP contribution < -0.4 is 4.74 Å². The summed E-state index contributed by atoms with van der Waals surface area (Å²) in [4.78, 5) is 39.7. The monoisotopic (exact) mass is 553 g/mol. The first-order valence-corrected chi connectivity index (χ1v) is 12.3. The number of phenols is 1. The normalized spacial score (nSPS) is 14.5. The molecule has 3 rings (SSSR count). The second-order valence-corrected chi connectivity index (χ2v) is 8.82. The molecule has 0 radical (unpaired) electrons. The fourth-order valence-electron chi connectivity index (χ4n) is 3.98. The molecular formula is C29H31NO10. The van der Waals surface area contributed by atoms with Crippen LogP contribution in [0.25, 0.3) is 22.7 Å². The molecule has 0 aliphatic rings. The van der Waals surface area contributed by atoms with Crippen molar-refractivity contribution in [2.45, 2.75) is 52.3 Å². The van der Waals surface area contributed by atoms with Crippen LogP contribution >= 0.6 is 0 Å². The summed E-state index contributed by atoms with van der Waals surface area (Å²) in [5, 5.41) is 22.3. The van der Waals surface area contributed by atoms with Crippen LogP contribution in [0, 0.1) is 0 Å². The molecule has 0 aliphatic carbocycles. The third kappa shape index (κ3) is 7.93. The van der Waals surface area contributed by atoms with Gasteiger partial charge in [-0.25, -0.2) is 4.98 Å². The summed E-state index contributed by atoms with van der Waals surface area (Å²) in [5.74, 6) is -2.59. The number of aliphatic hydroxyl groups is 1. The van der Waals surface area contributed by atoms with Crippen molar-refractivity contribution in [2.24, 2.45) is 0 Å². The highest BCUT2D eigenvalue weighted by Gasteiger charge is 2.41. The Labute approximate surface area is 230 Å². The maximum Gasteiger partial charge on any atom is 0.303 e. The molecule has 3 aromatic rings. The number of hydrogen-bond donors (Lipinski definition) is 2. The van der Waals surface area contributed by atoms with Gasteiger partial charge in [-0.1, -0.05) is 24.3 Å². The number of hydrogen-bond acceptors (Lipinski definition) is 11. The van der Waals surface area contributed by atoms with Gasteiger partial charge in [0.1, 0.15) is 23.4 Å². The molecule has 0 fully saturated rings. The van der Waals surface area contributed by atoms with Gasteiger partial charge in [-0.3, -0.25) is 14.4 Å². The van der Waals surface area contributed by atoms with Crippen molar-refractivity contribution < 1.29 is 48.3 Å². The number of aromatic nitrogens is 1. The molecule has 1 aromatic heterocycles. The maximum atomic E-state index is 11.9. The summed E-state index contributed by atoms with van der Waals surface area (Å²) in [6.07, 6.45) is -3.63. The standard InChI is InChI=1S/C29H31NO10/c1-16(37-17(2)31)27(38-18(3)32)28(39-19(4)33)29(36-5)40-22-12-13-23(26(35)15-22)25(34)14-21-11-10-20-8-6-7-9-24(20)30-21/h6-16,27-29,34-35H,1-5H3/b25-14-/t16-,27+,28-,29-/m1/s1. The van der Waals surface area contributed by atoms with Gasteiger partial charge >= 0.3 is 17.9 Å². The smallest absolute Gasteiger partial charge is 0.303 e. The van der Waals surface area contributed by atoms with Gasteiger partial charge in [0.15, 0.2) is 6.10 Å². The van der Waals surface area contributed by atoms with Crippen molar-refractivity contribution in [2.75, 3.05) is 7.11 Å². The summed E-state index contributed by atoms with van der Waals surface area (Å²) in [6.45, 7) is 4.92. The number of phenolic OH excluding ortho intramolecular Hbond substituents is 1. The molecule has 40 heavy (non-hydrogen) atoms. The van der Waals surface area contributed by atoms with Crippen LogP contribution in [0.3, 0.4) is 0 Å². The lowest BCUT2D eigenvalue weighted by atomic mass is 10.1. The lowest BCUT2D eigenvalue weighted by molar-refractivity contribution is -0.215. The maximum absolute atomic E-state index is 11.9. The van der Waals surface area contributed by atoms with Crippen LogP contribution in [0.5, 0.6) is 11.5 Å². The minimum absolute atomic E-state index is 0.0728. The van der Waals surface area contributed by atoms with E-state index >= 15 is 0 Å². The number of fused-ring (bicyclic) bond motifs is 1. The lowest BCUT2D eigenvalue weighted by Crippen LogP contribution is -2.51. The molecule has 11 heteroatoms. The number of methoxy groups -OCH3 is 1. The van der Waals surface area contributed by atoms with Crippen molar-refractivity contribution >= 4 is 40.6 Å². The van der Waals surface area contributed by atoms with Gasteiger partial charge in [-0.15, -0.1) is 0 Å². The molecule has 2 N–H and O–H groups in total. The zero-order valence-electron chi connectivity index (χ0n) is 22.7. The Hall–Kier alpha value is -4.64. The molecule has 0 unspecified atom stereocenters. The molecule has 212 valence electrons. The van der Waals surface area contributed by atoms with Crippen LogP contribution in [0.2, 0.25) is 0 Å². The zero-order chi connectivity index (χ0) is 29.4. The highest BCUT2D eigenvalue weighted by atomic mass is 16.7.